The number of anilines is 1. The minimum Gasteiger partial charge on any atom is -0.355 e. The number of carbonyl (C=O) groups excluding carboxylic acids is 1. The van der Waals surface area contributed by atoms with Crippen molar-refractivity contribution in [3.8, 4) is 0 Å². The van der Waals surface area contributed by atoms with Gasteiger partial charge in [0.2, 0.25) is 5.91 Å². The van der Waals surface area contributed by atoms with Gasteiger partial charge in [0.15, 0.2) is 0 Å². The highest BCUT2D eigenvalue weighted by atomic mass is 35.5. The second kappa shape index (κ2) is 9.99. The Kier molecular flexibility index (Phi) is 8.68. The Morgan fingerprint density at radius 3 is 2.60 bits per heavy atom. The molecule has 1 aromatic heterocycles. The highest BCUT2D eigenvalue weighted by Gasteiger charge is 2.26. The van der Waals surface area contributed by atoms with Crippen LogP contribution < -0.4 is 16.2 Å². The van der Waals surface area contributed by atoms with Gasteiger partial charge in [-0.1, -0.05) is 0 Å². The summed E-state index contributed by atoms with van der Waals surface area (Å²) in [5, 5.41) is 4.30. The Hall–Kier alpha value is -1.31. The SMILES string of the molecule is C[C@@H](CN)N(CC1CCN(c2ccc(=O)n(C)n2)CC1)C(=O)CCl.Cl. The lowest BCUT2D eigenvalue weighted by molar-refractivity contribution is -0.131. The molecule has 0 spiro atoms. The lowest BCUT2D eigenvalue weighted by Gasteiger charge is -2.37. The molecule has 1 atom stereocenters. The minimum atomic E-state index is -0.111. The van der Waals surface area contributed by atoms with Gasteiger partial charge in [-0.15, -0.1) is 24.0 Å². The van der Waals surface area contributed by atoms with Crippen molar-refractivity contribution in [2.45, 2.75) is 25.8 Å². The molecule has 2 N–H and O–H groups in total. The number of rotatable bonds is 6. The molecule has 1 aliphatic heterocycles. The third-order valence-electron chi connectivity index (χ3n) is 4.65. The standard InChI is InChI=1S/C16H26ClN5O2.ClH/c1-12(10-18)22(16(24)9-17)11-13-5-7-21(8-6-13)14-3-4-15(23)20(2)19-14;/h3-4,12-13H,5-11,18H2,1-2H3;1H/t12-;/m0./s1. The zero-order valence-electron chi connectivity index (χ0n) is 14.7. The first-order chi connectivity index (χ1) is 11.5. The van der Waals surface area contributed by atoms with Gasteiger partial charge in [0.05, 0.1) is 0 Å². The number of amides is 1. The average molecular weight is 392 g/mol. The summed E-state index contributed by atoms with van der Waals surface area (Å²) in [6.45, 7) is 4.79. The van der Waals surface area contributed by atoms with Crippen LogP contribution in [0.1, 0.15) is 19.8 Å². The molecule has 1 saturated heterocycles. The number of halogens is 2. The van der Waals surface area contributed by atoms with E-state index < -0.39 is 0 Å². The number of aryl methyl sites for hydroxylation is 1. The molecule has 1 amide bonds. The van der Waals surface area contributed by atoms with Crippen LogP contribution in [-0.2, 0) is 11.8 Å². The van der Waals surface area contributed by atoms with Gasteiger partial charge in [-0.2, -0.15) is 5.10 Å². The molecule has 0 unspecified atom stereocenters. The van der Waals surface area contributed by atoms with E-state index in [1.165, 1.54) is 10.7 Å². The topological polar surface area (TPSA) is 84.5 Å². The first-order valence-corrected chi connectivity index (χ1v) is 8.84. The van der Waals surface area contributed by atoms with E-state index in [1.54, 1.807) is 18.0 Å². The largest absolute Gasteiger partial charge is 0.355 e. The highest BCUT2D eigenvalue weighted by Crippen LogP contribution is 2.22. The molecule has 7 nitrogen and oxygen atoms in total. The van der Waals surface area contributed by atoms with Crippen molar-refractivity contribution in [1.29, 1.82) is 0 Å². The Balaban J connectivity index is 0.00000312. The molecule has 2 heterocycles. The number of nitrogens with zero attached hydrogens (tertiary/aromatic N) is 4. The van der Waals surface area contributed by atoms with Crippen LogP contribution >= 0.6 is 24.0 Å². The van der Waals surface area contributed by atoms with Gasteiger partial charge in [0, 0.05) is 45.3 Å². The molecule has 0 aliphatic carbocycles. The van der Waals surface area contributed by atoms with E-state index in [4.69, 9.17) is 17.3 Å². The van der Waals surface area contributed by atoms with Crippen LogP contribution in [0.2, 0.25) is 0 Å². The summed E-state index contributed by atoms with van der Waals surface area (Å²) < 4.78 is 1.35. The number of hydrogen-bond acceptors (Lipinski definition) is 5. The summed E-state index contributed by atoms with van der Waals surface area (Å²) in [5.41, 5.74) is 5.60. The van der Waals surface area contributed by atoms with Gasteiger partial charge in [-0.3, -0.25) is 9.59 Å². The van der Waals surface area contributed by atoms with Crippen LogP contribution in [0.5, 0.6) is 0 Å². The highest BCUT2D eigenvalue weighted by molar-refractivity contribution is 6.27. The summed E-state index contributed by atoms with van der Waals surface area (Å²) >= 11 is 5.72. The van der Waals surface area contributed by atoms with E-state index in [-0.39, 0.29) is 35.8 Å². The fourth-order valence-electron chi connectivity index (χ4n) is 3.01. The summed E-state index contributed by atoms with van der Waals surface area (Å²) in [6, 6.07) is 3.31. The van der Waals surface area contributed by atoms with Crippen LogP contribution in [0, 0.1) is 5.92 Å². The van der Waals surface area contributed by atoms with Crippen molar-refractivity contribution in [3.63, 3.8) is 0 Å². The maximum Gasteiger partial charge on any atom is 0.266 e. The van der Waals surface area contributed by atoms with Crippen molar-refractivity contribution in [2.75, 3.05) is 37.0 Å². The molecule has 1 aliphatic rings. The minimum absolute atomic E-state index is 0. The summed E-state index contributed by atoms with van der Waals surface area (Å²) in [6.07, 6.45) is 1.93. The predicted molar refractivity (Wildman–Crippen MR) is 103 cm³/mol. The smallest absolute Gasteiger partial charge is 0.266 e. The Labute approximate surface area is 159 Å². The number of carbonyl (C=O) groups is 1. The zero-order valence-corrected chi connectivity index (χ0v) is 16.3. The van der Waals surface area contributed by atoms with Gasteiger partial charge in [0.25, 0.3) is 5.56 Å². The quantitative estimate of drug-likeness (QED) is 0.726. The second-order valence-electron chi connectivity index (χ2n) is 6.35. The van der Waals surface area contributed by atoms with E-state index >= 15 is 0 Å². The van der Waals surface area contributed by atoms with Gasteiger partial charge in [-0.05, 0) is 31.7 Å². The maximum atomic E-state index is 12.0. The summed E-state index contributed by atoms with van der Waals surface area (Å²) in [4.78, 5) is 27.4. The summed E-state index contributed by atoms with van der Waals surface area (Å²) in [5.74, 6) is 1.18. The number of nitrogens with two attached hydrogens (primary N) is 1. The molecular formula is C16H27Cl2N5O2. The zero-order chi connectivity index (χ0) is 17.7. The number of alkyl halides is 1. The molecule has 1 fully saturated rings. The molecule has 142 valence electrons. The normalized spacial score (nSPS) is 16.2. The van der Waals surface area contributed by atoms with Crippen molar-refractivity contribution in [3.05, 3.63) is 22.5 Å². The lowest BCUT2D eigenvalue weighted by Crippen LogP contribution is -2.47. The molecule has 0 saturated carbocycles. The third kappa shape index (κ3) is 5.59. The molecule has 0 radical (unpaired) electrons. The van der Waals surface area contributed by atoms with Crippen LogP contribution in [-0.4, -0.2) is 58.7 Å². The molecule has 9 heteroatoms. The summed E-state index contributed by atoms with van der Waals surface area (Å²) in [7, 11) is 1.66. The van der Waals surface area contributed by atoms with E-state index in [9.17, 15) is 9.59 Å². The maximum absolute atomic E-state index is 12.0. The molecule has 0 bridgehead atoms. The lowest BCUT2D eigenvalue weighted by atomic mass is 9.95. The molecule has 1 aromatic rings. The van der Waals surface area contributed by atoms with Gasteiger partial charge in [-0.25, -0.2) is 4.68 Å². The van der Waals surface area contributed by atoms with Crippen molar-refractivity contribution in [1.82, 2.24) is 14.7 Å². The van der Waals surface area contributed by atoms with E-state index in [2.05, 4.69) is 10.00 Å². The number of aromatic nitrogens is 2. The number of hydrogen-bond donors (Lipinski definition) is 1. The average Bonchev–Trinajstić information content (AvgIpc) is 2.61. The molecular weight excluding hydrogens is 365 g/mol. The predicted octanol–water partition coefficient (Wildman–Crippen LogP) is 0.833. The van der Waals surface area contributed by atoms with Crippen molar-refractivity contribution in [2.24, 2.45) is 18.7 Å². The van der Waals surface area contributed by atoms with Crippen LogP contribution in [0.4, 0.5) is 5.82 Å². The first kappa shape index (κ1) is 21.7. The van der Waals surface area contributed by atoms with Gasteiger partial charge < -0.3 is 15.5 Å². The van der Waals surface area contributed by atoms with Crippen molar-refractivity contribution >= 4 is 35.7 Å². The van der Waals surface area contributed by atoms with Crippen LogP contribution in [0.25, 0.3) is 0 Å². The number of piperidine rings is 1. The van der Waals surface area contributed by atoms with E-state index in [0.717, 1.165) is 31.7 Å². The van der Waals surface area contributed by atoms with E-state index in [0.29, 0.717) is 19.0 Å². The van der Waals surface area contributed by atoms with Crippen LogP contribution in [0.3, 0.4) is 0 Å². The van der Waals surface area contributed by atoms with E-state index in [1.807, 2.05) is 6.92 Å². The van der Waals surface area contributed by atoms with Gasteiger partial charge >= 0.3 is 0 Å². The fourth-order valence-corrected chi connectivity index (χ4v) is 3.17. The Morgan fingerprint density at radius 1 is 1.44 bits per heavy atom. The van der Waals surface area contributed by atoms with Gasteiger partial charge in [0.1, 0.15) is 11.7 Å². The Morgan fingerprint density at radius 2 is 2.08 bits per heavy atom. The fraction of sp³-hybridized carbons (Fsp3) is 0.688. The molecule has 2 rings (SSSR count). The Bertz CT molecular complexity index is 617. The molecule has 0 aromatic carbocycles. The first-order valence-electron chi connectivity index (χ1n) is 8.31. The monoisotopic (exact) mass is 391 g/mol. The third-order valence-corrected chi connectivity index (χ3v) is 4.88. The second-order valence-corrected chi connectivity index (χ2v) is 6.62. The van der Waals surface area contributed by atoms with Crippen molar-refractivity contribution < 1.29 is 4.79 Å². The van der Waals surface area contributed by atoms with Crippen LogP contribution in [0.15, 0.2) is 16.9 Å². The molecule has 25 heavy (non-hydrogen) atoms.